The maximum atomic E-state index is 12.9. The molecule has 1 unspecified atom stereocenters. The molecule has 0 saturated carbocycles. The molecule has 144 valence electrons. The van der Waals surface area contributed by atoms with Gasteiger partial charge in [0.05, 0.1) is 6.61 Å². The van der Waals surface area contributed by atoms with Gasteiger partial charge >= 0.3 is 0 Å². The Kier molecular flexibility index (Phi) is 7.63. The fourth-order valence-corrected chi connectivity index (χ4v) is 3.39. The van der Waals surface area contributed by atoms with E-state index >= 15 is 0 Å². The molecule has 1 spiro atoms. The van der Waals surface area contributed by atoms with Crippen molar-refractivity contribution in [1.82, 2.24) is 10.2 Å². The van der Waals surface area contributed by atoms with Gasteiger partial charge in [-0.2, -0.15) is 0 Å². The van der Waals surface area contributed by atoms with Crippen molar-refractivity contribution in [2.24, 2.45) is 10.4 Å². The summed E-state index contributed by atoms with van der Waals surface area (Å²) in [5.74, 6) is 0.213. The molecule has 2 saturated heterocycles. The Morgan fingerprint density at radius 2 is 2.12 bits per heavy atom. The van der Waals surface area contributed by atoms with Gasteiger partial charge in [0.2, 0.25) is 5.91 Å². The van der Waals surface area contributed by atoms with Crippen LogP contribution in [0.15, 0.2) is 29.3 Å². The van der Waals surface area contributed by atoms with Crippen LogP contribution in [-0.2, 0) is 9.53 Å². The van der Waals surface area contributed by atoms with Crippen LogP contribution in [0.4, 0.5) is 10.1 Å². The number of guanidine groups is 1. The number of carbonyl (C=O) groups excluding carboxylic acids is 1. The fraction of sp³-hybridized carbons (Fsp3) is 0.556. The van der Waals surface area contributed by atoms with E-state index in [4.69, 9.17) is 4.74 Å². The molecule has 3 rings (SSSR count). The van der Waals surface area contributed by atoms with E-state index in [0.717, 1.165) is 51.6 Å². The zero-order valence-electron chi connectivity index (χ0n) is 15.0. The van der Waals surface area contributed by atoms with Gasteiger partial charge in [-0.1, -0.05) is 0 Å². The minimum Gasteiger partial charge on any atom is -0.381 e. The molecular weight excluding hydrogens is 450 g/mol. The Labute approximate surface area is 170 Å². The summed E-state index contributed by atoms with van der Waals surface area (Å²) in [7, 11) is 0. The maximum absolute atomic E-state index is 12.9. The molecule has 2 fully saturated rings. The van der Waals surface area contributed by atoms with Crippen LogP contribution in [-0.4, -0.2) is 56.2 Å². The highest BCUT2D eigenvalue weighted by atomic mass is 127. The highest BCUT2D eigenvalue weighted by molar-refractivity contribution is 14.0. The van der Waals surface area contributed by atoms with Crippen LogP contribution < -0.4 is 10.6 Å². The van der Waals surface area contributed by atoms with Crippen LogP contribution >= 0.6 is 24.0 Å². The summed E-state index contributed by atoms with van der Waals surface area (Å²) in [5.41, 5.74) is 0.807. The van der Waals surface area contributed by atoms with Crippen LogP contribution in [0.2, 0.25) is 0 Å². The van der Waals surface area contributed by atoms with Crippen molar-refractivity contribution in [2.75, 3.05) is 44.7 Å². The predicted octanol–water partition coefficient (Wildman–Crippen LogP) is 2.46. The SMILES string of the molecule is CCNC(=NCC(=O)Nc1ccc(F)cc1)N1CCC2(CCOC2)C1.I. The first-order valence-electron chi connectivity index (χ1n) is 8.77. The molecule has 2 aliphatic heterocycles. The molecule has 0 bridgehead atoms. The Bertz CT molecular complexity index is 633. The van der Waals surface area contributed by atoms with Crippen molar-refractivity contribution in [3.05, 3.63) is 30.1 Å². The van der Waals surface area contributed by atoms with E-state index in [2.05, 4.69) is 20.5 Å². The van der Waals surface area contributed by atoms with Crippen molar-refractivity contribution in [3.8, 4) is 0 Å². The van der Waals surface area contributed by atoms with Gasteiger partial charge in [0.25, 0.3) is 0 Å². The van der Waals surface area contributed by atoms with E-state index in [9.17, 15) is 9.18 Å². The third-order valence-corrected chi connectivity index (χ3v) is 4.76. The number of carbonyl (C=O) groups is 1. The standard InChI is InChI=1S/C18H25FN4O2.HI/c1-2-20-17(23-9-7-18(12-23)8-10-25-13-18)21-11-16(24)22-15-5-3-14(19)4-6-15;/h3-6H,2,7-13H2,1H3,(H,20,21)(H,22,24);1H. The van der Waals surface area contributed by atoms with Crippen LogP contribution in [0, 0.1) is 11.2 Å². The molecule has 2 N–H and O–H groups in total. The van der Waals surface area contributed by atoms with Crippen molar-refractivity contribution >= 4 is 41.5 Å². The number of nitrogens with one attached hydrogen (secondary N) is 2. The summed E-state index contributed by atoms with van der Waals surface area (Å²) in [4.78, 5) is 18.8. The quantitative estimate of drug-likeness (QED) is 0.398. The van der Waals surface area contributed by atoms with E-state index in [0.29, 0.717) is 5.69 Å². The first-order valence-corrected chi connectivity index (χ1v) is 8.77. The largest absolute Gasteiger partial charge is 0.381 e. The number of benzene rings is 1. The van der Waals surface area contributed by atoms with Crippen LogP contribution in [0.25, 0.3) is 0 Å². The molecule has 6 nitrogen and oxygen atoms in total. The summed E-state index contributed by atoms with van der Waals surface area (Å²) in [6.07, 6.45) is 2.19. The molecule has 0 radical (unpaired) electrons. The average Bonchev–Trinajstić information content (AvgIpc) is 3.24. The first-order chi connectivity index (χ1) is 12.1. The molecular formula is C18H26FIN4O2. The van der Waals surface area contributed by atoms with Crippen molar-refractivity contribution < 1.29 is 13.9 Å². The topological polar surface area (TPSA) is 66.0 Å². The second-order valence-electron chi connectivity index (χ2n) is 6.70. The van der Waals surface area contributed by atoms with E-state index in [-0.39, 0.29) is 47.7 Å². The molecule has 2 heterocycles. The van der Waals surface area contributed by atoms with E-state index in [1.807, 2.05) is 6.92 Å². The van der Waals surface area contributed by atoms with Gasteiger partial charge in [-0.25, -0.2) is 9.38 Å². The minimum absolute atomic E-state index is 0. The number of nitrogens with zero attached hydrogens (tertiary/aromatic N) is 2. The fourth-order valence-electron chi connectivity index (χ4n) is 3.39. The van der Waals surface area contributed by atoms with Gasteiger partial charge in [-0.15, -0.1) is 24.0 Å². The molecule has 0 aromatic heterocycles. The summed E-state index contributed by atoms with van der Waals surface area (Å²) >= 11 is 0. The highest BCUT2D eigenvalue weighted by Gasteiger charge is 2.42. The van der Waals surface area contributed by atoms with Gasteiger partial charge in [0.1, 0.15) is 12.4 Å². The smallest absolute Gasteiger partial charge is 0.246 e. The van der Waals surface area contributed by atoms with Gasteiger partial charge in [-0.05, 0) is 44.0 Å². The molecule has 1 amide bonds. The number of aliphatic imine (C=N–C) groups is 1. The number of amides is 1. The Morgan fingerprint density at radius 1 is 1.35 bits per heavy atom. The highest BCUT2D eigenvalue weighted by Crippen LogP contribution is 2.38. The maximum Gasteiger partial charge on any atom is 0.246 e. The second kappa shape index (κ2) is 9.50. The van der Waals surface area contributed by atoms with Gasteiger partial charge < -0.3 is 20.3 Å². The summed E-state index contributed by atoms with van der Waals surface area (Å²) in [5, 5.41) is 5.99. The number of rotatable bonds is 4. The van der Waals surface area contributed by atoms with Crippen LogP contribution in [0.1, 0.15) is 19.8 Å². The minimum atomic E-state index is -0.329. The molecule has 1 atom stereocenters. The number of hydrogen-bond donors (Lipinski definition) is 2. The van der Waals surface area contributed by atoms with Crippen molar-refractivity contribution in [1.29, 1.82) is 0 Å². The van der Waals surface area contributed by atoms with E-state index in [1.54, 1.807) is 0 Å². The Morgan fingerprint density at radius 3 is 2.77 bits per heavy atom. The molecule has 1 aromatic carbocycles. The summed E-state index contributed by atoms with van der Waals surface area (Å²) < 4.78 is 18.5. The Hall–Kier alpha value is -1.42. The lowest BCUT2D eigenvalue weighted by atomic mass is 9.87. The zero-order chi connectivity index (χ0) is 17.7. The second-order valence-corrected chi connectivity index (χ2v) is 6.70. The molecule has 0 aliphatic carbocycles. The lowest BCUT2D eigenvalue weighted by Crippen LogP contribution is -2.42. The van der Waals surface area contributed by atoms with Crippen molar-refractivity contribution in [2.45, 2.75) is 19.8 Å². The summed E-state index contributed by atoms with van der Waals surface area (Å²) in [6.45, 7) is 6.28. The lowest BCUT2D eigenvalue weighted by Gasteiger charge is -2.24. The van der Waals surface area contributed by atoms with E-state index in [1.165, 1.54) is 24.3 Å². The van der Waals surface area contributed by atoms with Gasteiger partial charge in [0, 0.05) is 37.3 Å². The monoisotopic (exact) mass is 476 g/mol. The van der Waals surface area contributed by atoms with Crippen LogP contribution in [0.5, 0.6) is 0 Å². The number of hydrogen-bond acceptors (Lipinski definition) is 3. The van der Waals surface area contributed by atoms with Crippen molar-refractivity contribution in [3.63, 3.8) is 0 Å². The van der Waals surface area contributed by atoms with Crippen LogP contribution in [0.3, 0.4) is 0 Å². The molecule has 8 heteroatoms. The van der Waals surface area contributed by atoms with Gasteiger partial charge in [0.15, 0.2) is 5.96 Å². The lowest BCUT2D eigenvalue weighted by molar-refractivity contribution is -0.114. The third-order valence-electron chi connectivity index (χ3n) is 4.76. The zero-order valence-corrected chi connectivity index (χ0v) is 17.3. The van der Waals surface area contributed by atoms with Gasteiger partial charge in [-0.3, -0.25) is 4.79 Å². The first kappa shape index (κ1) is 20.9. The number of halogens is 2. The predicted molar refractivity (Wildman–Crippen MR) is 110 cm³/mol. The number of ether oxygens (including phenoxy) is 1. The van der Waals surface area contributed by atoms with E-state index < -0.39 is 0 Å². The molecule has 2 aliphatic rings. The molecule has 1 aromatic rings. The normalized spacial score (nSPS) is 22.4. The third kappa shape index (κ3) is 5.29. The summed E-state index contributed by atoms with van der Waals surface area (Å²) in [6, 6.07) is 5.70. The Balaban J connectivity index is 0.00000243. The average molecular weight is 476 g/mol. The number of likely N-dealkylation sites (tertiary alicyclic amines) is 1. The number of anilines is 1. The molecule has 26 heavy (non-hydrogen) atoms.